The highest BCUT2D eigenvalue weighted by atomic mass is 19.4. The standard InChI is InChI=1S/C28H29F4N7O/c1-16(40)34-23-12-17(8-9-24(23)39-11-10-18(14-39)37(2)3)35-27-33-13-21(28(30,31)32)25(36-27)20-15-38(4)26-19(20)6-5-7-22(26)29/h5-9,12-13,15,18H,10-11,14H2,1-4H3,(H,34,40)(H,33,35,36)/t18-/m1/s1. The van der Waals surface area contributed by atoms with Crippen LogP contribution in [-0.2, 0) is 18.0 Å². The molecule has 0 saturated carbocycles. The molecule has 12 heteroatoms. The van der Waals surface area contributed by atoms with Gasteiger partial charge in [0.25, 0.3) is 0 Å². The number of amides is 1. The van der Waals surface area contributed by atoms with Crippen LogP contribution in [0.3, 0.4) is 0 Å². The number of alkyl halides is 3. The number of aromatic nitrogens is 3. The molecule has 8 nitrogen and oxygen atoms in total. The van der Waals surface area contributed by atoms with Gasteiger partial charge < -0.3 is 25.0 Å². The number of carbonyl (C=O) groups excluding carboxylic acids is 1. The van der Waals surface area contributed by atoms with Crippen LogP contribution in [-0.4, -0.2) is 58.6 Å². The van der Waals surface area contributed by atoms with E-state index < -0.39 is 17.6 Å². The molecule has 0 bridgehead atoms. The van der Waals surface area contributed by atoms with E-state index in [1.54, 1.807) is 25.2 Å². The number of carbonyl (C=O) groups is 1. The van der Waals surface area contributed by atoms with Crippen LogP contribution in [0.15, 0.2) is 48.8 Å². The third-order valence-corrected chi connectivity index (χ3v) is 7.10. The molecule has 1 atom stereocenters. The Morgan fingerprint density at radius 3 is 2.62 bits per heavy atom. The molecule has 2 N–H and O–H groups in total. The van der Waals surface area contributed by atoms with Crippen molar-refractivity contribution in [2.24, 2.45) is 7.05 Å². The van der Waals surface area contributed by atoms with Crippen molar-refractivity contribution in [1.82, 2.24) is 19.4 Å². The molecule has 2 aromatic carbocycles. The van der Waals surface area contributed by atoms with Gasteiger partial charge >= 0.3 is 6.18 Å². The van der Waals surface area contributed by atoms with Crippen molar-refractivity contribution in [3.63, 3.8) is 0 Å². The van der Waals surface area contributed by atoms with Gasteiger partial charge in [-0.1, -0.05) is 12.1 Å². The topological polar surface area (TPSA) is 78.3 Å². The molecule has 1 amide bonds. The van der Waals surface area contributed by atoms with Crippen LogP contribution in [0, 0.1) is 5.82 Å². The molecule has 5 rings (SSSR count). The summed E-state index contributed by atoms with van der Waals surface area (Å²) in [5.41, 5.74) is 0.789. The number of fused-ring (bicyclic) bond motifs is 1. The zero-order valence-electron chi connectivity index (χ0n) is 22.5. The maximum atomic E-state index is 14.5. The summed E-state index contributed by atoms with van der Waals surface area (Å²) < 4.78 is 57.9. The maximum absolute atomic E-state index is 14.5. The SMILES string of the molecule is CC(=O)Nc1cc(Nc2ncc(C(F)(F)F)c(-c3cn(C)c4c(F)cccc34)n2)ccc1N1CC[C@@H](N(C)C)C1. The molecular weight excluding hydrogens is 526 g/mol. The molecular formula is C28H29F4N7O. The summed E-state index contributed by atoms with van der Waals surface area (Å²) in [5, 5.41) is 6.12. The summed E-state index contributed by atoms with van der Waals surface area (Å²) in [6.45, 7) is 3.03. The molecule has 40 heavy (non-hydrogen) atoms. The first-order valence-corrected chi connectivity index (χ1v) is 12.7. The van der Waals surface area contributed by atoms with Gasteiger partial charge in [-0.3, -0.25) is 4.79 Å². The largest absolute Gasteiger partial charge is 0.419 e. The van der Waals surface area contributed by atoms with Crippen LogP contribution in [0.5, 0.6) is 0 Å². The number of rotatable bonds is 6. The van der Waals surface area contributed by atoms with E-state index in [2.05, 4.69) is 30.4 Å². The Hall–Kier alpha value is -4.19. The van der Waals surface area contributed by atoms with Gasteiger partial charge in [-0.2, -0.15) is 13.2 Å². The minimum absolute atomic E-state index is 0.0771. The molecule has 0 spiro atoms. The predicted molar refractivity (Wildman–Crippen MR) is 147 cm³/mol. The lowest BCUT2D eigenvalue weighted by atomic mass is 10.1. The van der Waals surface area contributed by atoms with Crippen LogP contribution in [0.25, 0.3) is 22.2 Å². The van der Waals surface area contributed by atoms with E-state index >= 15 is 0 Å². The first-order valence-electron chi connectivity index (χ1n) is 12.7. The van der Waals surface area contributed by atoms with Gasteiger partial charge in [0, 0.05) is 62.1 Å². The highest BCUT2D eigenvalue weighted by Gasteiger charge is 2.36. The highest BCUT2D eigenvalue weighted by Crippen LogP contribution is 2.40. The van der Waals surface area contributed by atoms with E-state index in [0.29, 0.717) is 22.8 Å². The fraction of sp³-hybridized carbons (Fsp3) is 0.321. The number of para-hydroxylation sites is 1. The van der Waals surface area contributed by atoms with Gasteiger partial charge in [-0.25, -0.2) is 14.4 Å². The van der Waals surface area contributed by atoms with E-state index in [4.69, 9.17) is 0 Å². The second-order valence-corrected chi connectivity index (χ2v) is 10.1. The quantitative estimate of drug-likeness (QED) is 0.300. The van der Waals surface area contributed by atoms with Gasteiger partial charge in [0.2, 0.25) is 11.9 Å². The Morgan fingerprint density at radius 1 is 1.18 bits per heavy atom. The number of hydrogen-bond acceptors (Lipinski definition) is 6. The van der Waals surface area contributed by atoms with Crippen LogP contribution in [0.1, 0.15) is 18.9 Å². The van der Waals surface area contributed by atoms with Gasteiger partial charge in [0.1, 0.15) is 11.4 Å². The maximum Gasteiger partial charge on any atom is 0.419 e. The van der Waals surface area contributed by atoms with Gasteiger partial charge in [0.05, 0.1) is 22.6 Å². The van der Waals surface area contributed by atoms with E-state index in [1.165, 1.54) is 29.8 Å². The molecule has 1 saturated heterocycles. The molecule has 0 unspecified atom stereocenters. The average molecular weight is 556 g/mol. The third kappa shape index (κ3) is 5.31. The molecule has 210 valence electrons. The highest BCUT2D eigenvalue weighted by molar-refractivity contribution is 5.96. The lowest BCUT2D eigenvalue weighted by molar-refractivity contribution is -0.137. The van der Waals surface area contributed by atoms with E-state index in [1.807, 2.05) is 20.2 Å². The van der Waals surface area contributed by atoms with E-state index in [0.717, 1.165) is 31.4 Å². The normalized spacial score (nSPS) is 15.7. The number of benzene rings is 2. The number of nitrogens with zero attached hydrogens (tertiary/aromatic N) is 5. The van der Waals surface area contributed by atoms with Crippen molar-refractivity contribution in [2.75, 3.05) is 42.7 Å². The lowest BCUT2D eigenvalue weighted by Gasteiger charge is -2.24. The molecule has 1 aliphatic rings. The molecule has 0 aliphatic carbocycles. The Labute approximate surface area is 228 Å². The van der Waals surface area contributed by atoms with Crippen molar-refractivity contribution in [1.29, 1.82) is 0 Å². The predicted octanol–water partition coefficient (Wildman–Crippen LogP) is 5.64. The van der Waals surface area contributed by atoms with Gasteiger partial charge in [-0.15, -0.1) is 0 Å². The summed E-state index contributed by atoms with van der Waals surface area (Å²) >= 11 is 0. The molecule has 0 radical (unpaired) electrons. The average Bonchev–Trinajstić information content (AvgIpc) is 3.49. The number of aryl methyl sites for hydroxylation is 1. The second kappa shape index (κ2) is 10.4. The number of anilines is 4. The summed E-state index contributed by atoms with van der Waals surface area (Å²) in [6, 6.07) is 9.95. The fourth-order valence-corrected chi connectivity index (χ4v) is 5.15. The number of nitrogens with one attached hydrogen (secondary N) is 2. The summed E-state index contributed by atoms with van der Waals surface area (Å²) in [5.74, 6) is -0.877. The van der Waals surface area contributed by atoms with Crippen molar-refractivity contribution in [2.45, 2.75) is 25.6 Å². The Kier molecular flexibility index (Phi) is 7.13. The fourth-order valence-electron chi connectivity index (χ4n) is 5.15. The third-order valence-electron chi connectivity index (χ3n) is 7.10. The van der Waals surface area contributed by atoms with Crippen LogP contribution >= 0.6 is 0 Å². The molecule has 1 fully saturated rings. The summed E-state index contributed by atoms with van der Waals surface area (Å²) in [4.78, 5) is 24.5. The van der Waals surface area contributed by atoms with Crippen molar-refractivity contribution in [3.8, 4) is 11.3 Å². The summed E-state index contributed by atoms with van der Waals surface area (Å²) in [6.07, 6.45) is -1.61. The van der Waals surface area contributed by atoms with Crippen molar-refractivity contribution < 1.29 is 22.4 Å². The molecule has 1 aliphatic heterocycles. The zero-order valence-corrected chi connectivity index (χ0v) is 22.5. The van der Waals surface area contributed by atoms with Crippen LogP contribution < -0.4 is 15.5 Å². The minimum Gasteiger partial charge on any atom is -0.368 e. The van der Waals surface area contributed by atoms with Gasteiger partial charge in [-0.05, 0) is 44.8 Å². The smallest absolute Gasteiger partial charge is 0.368 e. The number of likely N-dealkylation sites (N-methyl/N-ethyl adjacent to an activating group) is 1. The number of hydrogen-bond donors (Lipinski definition) is 2. The Morgan fingerprint density at radius 2 is 1.95 bits per heavy atom. The van der Waals surface area contributed by atoms with E-state index in [9.17, 15) is 22.4 Å². The second-order valence-electron chi connectivity index (χ2n) is 10.1. The molecule has 4 aromatic rings. The van der Waals surface area contributed by atoms with Crippen LogP contribution in [0.2, 0.25) is 0 Å². The molecule has 3 heterocycles. The van der Waals surface area contributed by atoms with Gasteiger partial charge in [0.15, 0.2) is 0 Å². The Bertz CT molecular complexity index is 1580. The Balaban J connectivity index is 1.53. The van der Waals surface area contributed by atoms with Crippen molar-refractivity contribution >= 4 is 39.8 Å². The first kappa shape index (κ1) is 27.4. The monoisotopic (exact) mass is 555 g/mol. The first-order chi connectivity index (χ1) is 18.9. The number of halogens is 4. The minimum atomic E-state index is -4.73. The van der Waals surface area contributed by atoms with Crippen LogP contribution in [0.4, 0.5) is 40.6 Å². The van der Waals surface area contributed by atoms with E-state index in [-0.39, 0.29) is 28.6 Å². The summed E-state index contributed by atoms with van der Waals surface area (Å²) in [7, 11) is 5.63. The van der Waals surface area contributed by atoms with Crippen molar-refractivity contribution in [3.05, 3.63) is 60.2 Å². The zero-order chi connectivity index (χ0) is 28.8. The lowest BCUT2D eigenvalue weighted by Crippen LogP contribution is -2.31. The molecule has 2 aromatic heterocycles.